The molecule has 0 aliphatic heterocycles. The van der Waals surface area contributed by atoms with E-state index in [4.69, 9.17) is 11.6 Å². The van der Waals surface area contributed by atoms with Crippen molar-refractivity contribution in [2.24, 2.45) is 0 Å². The number of aromatic nitrogens is 1. The van der Waals surface area contributed by atoms with Gasteiger partial charge in [0, 0.05) is 23.3 Å². The topological polar surface area (TPSA) is 4.93 Å². The lowest BCUT2D eigenvalue weighted by atomic mass is 10.1. The molecule has 3 aromatic rings. The van der Waals surface area contributed by atoms with Crippen LogP contribution in [0.5, 0.6) is 0 Å². The first-order valence-electron chi connectivity index (χ1n) is 6.58. The van der Waals surface area contributed by atoms with Crippen LogP contribution in [-0.2, 0) is 13.0 Å². The summed E-state index contributed by atoms with van der Waals surface area (Å²) in [5, 5.41) is 2.10. The summed E-state index contributed by atoms with van der Waals surface area (Å²) in [4.78, 5) is 0. The predicted octanol–water partition coefficient (Wildman–Crippen LogP) is 4.91. The van der Waals surface area contributed by atoms with E-state index in [9.17, 15) is 0 Å². The Morgan fingerprint density at radius 3 is 2.68 bits per heavy atom. The van der Waals surface area contributed by atoms with Gasteiger partial charge in [0.25, 0.3) is 0 Å². The molecule has 3 rings (SSSR count). The van der Waals surface area contributed by atoms with Crippen molar-refractivity contribution in [3.8, 4) is 0 Å². The molecule has 0 radical (unpaired) electrons. The van der Waals surface area contributed by atoms with E-state index < -0.39 is 0 Å². The molecule has 0 aliphatic rings. The molecule has 0 aliphatic carbocycles. The van der Waals surface area contributed by atoms with E-state index in [1.165, 1.54) is 22.0 Å². The van der Waals surface area contributed by atoms with Gasteiger partial charge in [-0.05, 0) is 53.3 Å². The lowest BCUT2D eigenvalue weighted by Gasteiger charge is -2.06. The number of fused-ring (bicyclic) bond motifs is 1. The van der Waals surface area contributed by atoms with Crippen LogP contribution in [0.4, 0.5) is 0 Å². The van der Waals surface area contributed by atoms with Crippen molar-refractivity contribution < 1.29 is 0 Å². The number of rotatable bonds is 3. The standard InChI is InChI=1S/C17H16ClN/c1-2-13-6-7-17-15(10-13)8-9-19(17)12-14-4-3-5-16(18)11-14/h3-11H,2,12H2,1H3. The van der Waals surface area contributed by atoms with Crippen molar-refractivity contribution in [1.29, 1.82) is 0 Å². The lowest BCUT2D eigenvalue weighted by Crippen LogP contribution is -1.97. The minimum atomic E-state index is 0.794. The van der Waals surface area contributed by atoms with Crippen molar-refractivity contribution in [3.63, 3.8) is 0 Å². The maximum atomic E-state index is 6.03. The molecule has 1 aromatic heterocycles. The molecule has 0 spiro atoms. The molecule has 0 N–H and O–H groups in total. The lowest BCUT2D eigenvalue weighted by molar-refractivity contribution is 0.837. The summed E-state index contributed by atoms with van der Waals surface area (Å²) in [5.74, 6) is 0. The van der Waals surface area contributed by atoms with Crippen molar-refractivity contribution in [1.82, 2.24) is 4.57 Å². The zero-order chi connectivity index (χ0) is 13.2. The van der Waals surface area contributed by atoms with Crippen LogP contribution in [-0.4, -0.2) is 4.57 Å². The van der Waals surface area contributed by atoms with Crippen molar-refractivity contribution in [3.05, 3.63) is 70.9 Å². The smallest absolute Gasteiger partial charge is 0.0483 e. The molecule has 0 unspecified atom stereocenters. The number of hydrogen-bond donors (Lipinski definition) is 0. The molecule has 0 saturated heterocycles. The summed E-state index contributed by atoms with van der Waals surface area (Å²) in [5.41, 5.74) is 3.88. The van der Waals surface area contributed by atoms with Gasteiger partial charge in [0.2, 0.25) is 0 Å². The molecule has 0 saturated carbocycles. The minimum absolute atomic E-state index is 0.794. The van der Waals surface area contributed by atoms with E-state index in [1.807, 2.05) is 18.2 Å². The second-order valence-corrected chi connectivity index (χ2v) is 5.26. The normalized spacial score (nSPS) is 11.1. The summed E-state index contributed by atoms with van der Waals surface area (Å²) in [7, 11) is 0. The highest BCUT2D eigenvalue weighted by molar-refractivity contribution is 6.30. The van der Waals surface area contributed by atoms with E-state index >= 15 is 0 Å². The van der Waals surface area contributed by atoms with Crippen LogP contribution in [0.3, 0.4) is 0 Å². The first-order chi connectivity index (χ1) is 9.26. The van der Waals surface area contributed by atoms with Gasteiger partial charge in [0.1, 0.15) is 0 Å². The maximum Gasteiger partial charge on any atom is 0.0483 e. The number of benzene rings is 2. The molecule has 96 valence electrons. The minimum Gasteiger partial charge on any atom is -0.343 e. The molecule has 1 nitrogen and oxygen atoms in total. The Morgan fingerprint density at radius 2 is 1.89 bits per heavy atom. The first-order valence-corrected chi connectivity index (χ1v) is 6.96. The van der Waals surface area contributed by atoms with Crippen molar-refractivity contribution >= 4 is 22.5 Å². The van der Waals surface area contributed by atoms with Gasteiger partial charge in [-0.1, -0.05) is 36.7 Å². The van der Waals surface area contributed by atoms with Gasteiger partial charge in [-0.3, -0.25) is 0 Å². The highest BCUT2D eigenvalue weighted by Gasteiger charge is 2.03. The second-order valence-electron chi connectivity index (χ2n) is 4.82. The summed E-state index contributed by atoms with van der Waals surface area (Å²) in [6, 6.07) is 16.9. The van der Waals surface area contributed by atoms with E-state index in [-0.39, 0.29) is 0 Å². The Labute approximate surface area is 118 Å². The summed E-state index contributed by atoms with van der Waals surface area (Å²) in [6.07, 6.45) is 3.22. The first kappa shape index (κ1) is 12.3. The fourth-order valence-electron chi connectivity index (χ4n) is 2.44. The quantitative estimate of drug-likeness (QED) is 0.637. The van der Waals surface area contributed by atoms with Gasteiger partial charge in [-0.15, -0.1) is 0 Å². The summed E-state index contributed by atoms with van der Waals surface area (Å²) < 4.78 is 2.26. The van der Waals surface area contributed by atoms with Gasteiger partial charge in [-0.25, -0.2) is 0 Å². The van der Waals surface area contributed by atoms with Gasteiger partial charge in [0.05, 0.1) is 0 Å². The fraction of sp³-hybridized carbons (Fsp3) is 0.176. The van der Waals surface area contributed by atoms with E-state index in [0.29, 0.717) is 0 Å². The molecule has 0 fully saturated rings. The molecule has 0 atom stereocenters. The van der Waals surface area contributed by atoms with Crippen LogP contribution in [0.1, 0.15) is 18.1 Å². The fourth-order valence-corrected chi connectivity index (χ4v) is 2.65. The maximum absolute atomic E-state index is 6.03. The van der Waals surface area contributed by atoms with Crippen molar-refractivity contribution in [2.45, 2.75) is 19.9 Å². The van der Waals surface area contributed by atoms with E-state index in [1.54, 1.807) is 0 Å². The third-order valence-corrected chi connectivity index (χ3v) is 3.72. The average Bonchev–Trinajstić information content (AvgIpc) is 2.81. The summed E-state index contributed by atoms with van der Waals surface area (Å²) >= 11 is 6.03. The van der Waals surface area contributed by atoms with Gasteiger partial charge < -0.3 is 4.57 Å². The van der Waals surface area contributed by atoms with Crippen LogP contribution >= 0.6 is 11.6 Å². The average molecular weight is 270 g/mol. The Morgan fingerprint density at radius 1 is 1.00 bits per heavy atom. The Kier molecular flexibility index (Phi) is 3.31. The highest BCUT2D eigenvalue weighted by Crippen LogP contribution is 2.20. The second kappa shape index (κ2) is 5.10. The Balaban J connectivity index is 1.97. The van der Waals surface area contributed by atoms with Gasteiger partial charge >= 0.3 is 0 Å². The van der Waals surface area contributed by atoms with Crippen LogP contribution < -0.4 is 0 Å². The van der Waals surface area contributed by atoms with Crippen LogP contribution in [0.15, 0.2) is 54.7 Å². The monoisotopic (exact) mass is 269 g/mol. The van der Waals surface area contributed by atoms with Crippen LogP contribution in [0, 0.1) is 0 Å². The summed E-state index contributed by atoms with van der Waals surface area (Å²) in [6.45, 7) is 3.04. The van der Waals surface area contributed by atoms with Gasteiger partial charge in [0.15, 0.2) is 0 Å². The number of aryl methyl sites for hydroxylation is 1. The number of halogens is 1. The van der Waals surface area contributed by atoms with Crippen molar-refractivity contribution in [2.75, 3.05) is 0 Å². The van der Waals surface area contributed by atoms with Crippen LogP contribution in [0.2, 0.25) is 5.02 Å². The predicted molar refractivity (Wildman–Crippen MR) is 81.9 cm³/mol. The third kappa shape index (κ3) is 2.52. The zero-order valence-corrected chi connectivity index (χ0v) is 11.7. The molecule has 19 heavy (non-hydrogen) atoms. The molecule has 1 heterocycles. The molecule has 2 heteroatoms. The molecule has 0 bridgehead atoms. The third-order valence-electron chi connectivity index (χ3n) is 3.49. The van der Waals surface area contributed by atoms with E-state index in [0.717, 1.165) is 18.0 Å². The molecule has 0 amide bonds. The SMILES string of the molecule is CCc1ccc2c(ccn2Cc2cccc(Cl)c2)c1. The molecular formula is C17H16ClN. The Bertz CT molecular complexity index is 712. The van der Waals surface area contributed by atoms with Crippen LogP contribution in [0.25, 0.3) is 10.9 Å². The largest absolute Gasteiger partial charge is 0.343 e. The molecule has 2 aromatic carbocycles. The van der Waals surface area contributed by atoms with Gasteiger partial charge in [-0.2, -0.15) is 0 Å². The Hall–Kier alpha value is -1.73. The number of hydrogen-bond acceptors (Lipinski definition) is 0. The number of nitrogens with zero attached hydrogens (tertiary/aromatic N) is 1. The highest BCUT2D eigenvalue weighted by atomic mass is 35.5. The van der Waals surface area contributed by atoms with E-state index in [2.05, 4.69) is 48.0 Å². The zero-order valence-electron chi connectivity index (χ0n) is 10.9. The molecular weight excluding hydrogens is 254 g/mol.